The molecule has 1 aliphatic carbocycles. The smallest absolute Gasteiger partial charge is 0.0683 e. The van der Waals surface area contributed by atoms with Crippen molar-refractivity contribution in [3.63, 3.8) is 0 Å². The Morgan fingerprint density at radius 1 is 1.36 bits per heavy atom. The first-order valence-electron chi connectivity index (χ1n) is 5.67. The van der Waals surface area contributed by atoms with Crippen molar-refractivity contribution in [2.45, 2.75) is 58.5 Å². The summed E-state index contributed by atoms with van der Waals surface area (Å²) < 4.78 is 5.73. The van der Waals surface area contributed by atoms with E-state index < -0.39 is 0 Å². The molecular formula is C12H21NO. The summed E-state index contributed by atoms with van der Waals surface area (Å²) in [6.07, 6.45) is 7.60. The van der Waals surface area contributed by atoms with Crippen molar-refractivity contribution < 1.29 is 4.74 Å². The lowest BCUT2D eigenvalue weighted by Gasteiger charge is -2.16. The average molecular weight is 195 g/mol. The fourth-order valence-electron chi connectivity index (χ4n) is 1.88. The van der Waals surface area contributed by atoms with Crippen molar-refractivity contribution >= 4 is 0 Å². The highest BCUT2D eigenvalue weighted by Crippen LogP contribution is 2.23. The molecule has 1 rings (SSSR count). The van der Waals surface area contributed by atoms with Crippen LogP contribution in [0.25, 0.3) is 0 Å². The molecule has 0 heterocycles. The van der Waals surface area contributed by atoms with Crippen LogP contribution in [-0.2, 0) is 4.74 Å². The van der Waals surface area contributed by atoms with Crippen LogP contribution >= 0.6 is 0 Å². The lowest BCUT2D eigenvalue weighted by atomic mass is 9.90. The van der Waals surface area contributed by atoms with Crippen LogP contribution < -0.4 is 0 Å². The maximum atomic E-state index is 8.81. The molecular weight excluding hydrogens is 174 g/mol. The molecule has 0 bridgehead atoms. The lowest BCUT2D eigenvalue weighted by Crippen LogP contribution is -2.12. The third-order valence-corrected chi connectivity index (χ3v) is 2.90. The third kappa shape index (κ3) is 4.11. The van der Waals surface area contributed by atoms with Crippen LogP contribution in [0.3, 0.4) is 0 Å². The van der Waals surface area contributed by atoms with E-state index in [9.17, 15) is 0 Å². The molecule has 0 unspecified atom stereocenters. The maximum absolute atomic E-state index is 8.81. The Bertz CT molecular complexity index is 199. The minimum atomic E-state index is -0.182. The molecule has 1 fully saturated rings. The molecule has 0 aromatic heterocycles. The minimum absolute atomic E-state index is 0.182. The summed E-state index contributed by atoms with van der Waals surface area (Å²) in [5.74, 6) is 0. The van der Waals surface area contributed by atoms with E-state index in [4.69, 9.17) is 10.00 Å². The molecule has 2 nitrogen and oxygen atoms in total. The van der Waals surface area contributed by atoms with E-state index in [2.05, 4.69) is 6.07 Å². The molecule has 0 N–H and O–H groups in total. The molecule has 0 radical (unpaired) electrons. The van der Waals surface area contributed by atoms with Crippen molar-refractivity contribution in [2.24, 2.45) is 5.41 Å². The molecule has 0 saturated heterocycles. The maximum Gasteiger partial charge on any atom is 0.0683 e. The van der Waals surface area contributed by atoms with Crippen molar-refractivity contribution in [3.05, 3.63) is 0 Å². The summed E-state index contributed by atoms with van der Waals surface area (Å²) >= 11 is 0. The minimum Gasteiger partial charge on any atom is -0.378 e. The molecule has 2 heteroatoms. The van der Waals surface area contributed by atoms with Gasteiger partial charge in [-0.05, 0) is 39.5 Å². The first-order chi connectivity index (χ1) is 6.64. The predicted molar refractivity (Wildman–Crippen MR) is 56.8 cm³/mol. The second kappa shape index (κ2) is 5.36. The SMILES string of the molecule is CC(C)(C#N)CCCOC1CCCC1. The highest BCUT2D eigenvalue weighted by Gasteiger charge is 2.18. The Morgan fingerprint density at radius 3 is 2.57 bits per heavy atom. The van der Waals surface area contributed by atoms with E-state index in [0.717, 1.165) is 19.4 Å². The van der Waals surface area contributed by atoms with Gasteiger partial charge in [-0.3, -0.25) is 0 Å². The van der Waals surface area contributed by atoms with Gasteiger partial charge in [0, 0.05) is 6.61 Å². The molecule has 1 saturated carbocycles. The van der Waals surface area contributed by atoms with Crippen LogP contribution in [0.2, 0.25) is 0 Å². The molecule has 0 aromatic carbocycles. The number of rotatable bonds is 5. The second-order valence-corrected chi connectivity index (χ2v) is 4.88. The Hall–Kier alpha value is -0.550. The predicted octanol–water partition coefficient (Wildman–Crippen LogP) is 3.28. The van der Waals surface area contributed by atoms with Crippen LogP contribution in [0, 0.1) is 16.7 Å². The summed E-state index contributed by atoms with van der Waals surface area (Å²) in [4.78, 5) is 0. The third-order valence-electron chi connectivity index (χ3n) is 2.90. The van der Waals surface area contributed by atoms with Gasteiger partial charge in [-0.2, -0.15) is 5.26 Å². The summed E-state index contributed by atoms with van der Waals surface area (Å²) in [6.45, 7) is 4.81. The van der Waals surface area contributed by atoms with E-state index in [1.54, 1.807) is 0 Å². The average Bonchev–Trinajstić information content (AvgIpc) is 2.65. The van der Waals surface area contributed by atoms with Gasteiger partial charge in [0.25, 0.3) is 0 Å². The van der Waals surface area contributed by atoms with Gasteiger partial charge in [0.15, 0.2) is 0 Å². The van der Waals surface area contributed by atoms with E-state index in [1.807, 2.05) is 13.8 Å². The Morgan fingerprint density at radius 2 is 2.00 bits per heavy atom. The normalized spacial score (nSPS) is 18.4. The summed E-state index contributed by atoms with van der Waals surface area (Å²) in [6, 6.07) is 2.31. The van der Waals surface area contributed by atoms with Crippen molar-refractivity contribution in [2.75, 3.05) is 6.61 Å². The quantitative estimate of drug-likeness (QED) is 0.631. The molecule has 0 atom stereocenters. The van der Waals surface area contributed by atoms with E-state index in [1.165, 1.54) is 25.7 Å². The topological polar surface area (TPSA) is 33.0 Å². The summed E-state index contributed by atoms with van der Waals surface area (Å²) in [5, 5.41) is 8.81. The zero-order valence-corrected chi connectivity index (χ0v) is 9.38. The van der Waals surface area contributed by atoms with Gasteiger partial charge in [0.05, 0.1) is 17.6 Å². The van der Waals surface area contributed by atoms with Gasteiger partial charge in [0.2, 0.25) is 0 Å². The van der Waals surface area contributed by atoms with Crippen LogP contribution in [0.1, 0.15) is 52.4 Å². The monoisotopic (exact) mass is 195 g/mol. The summed E-state index contributed by atoms with van der Waals surface area (Å²) in [5.41, 5.74) is -0.182. The van der Waals surface area contributed by atoms with Crippen LogP contribution in [0.4, 0.5) is 0 Å². The molecule has 0 spiro atoms. The fraction of sp³-hybridized carbons (Fsp3) is 0.917. The molecule has 80 valence electrons. The number of hydrogen-bond donors (Lipinski definition) is 0. The fourth-order valence-corrected chi connectivity index (χ4v) is 1.88. The number of ether oxygens (including phenoxy) is 1. The molecule has 0 amide bonds. The molecule has 0 aliphatic heterocycles. The van der Waals surface area contributed by atoms with Crippen LogP contribution in [0.15, 0.2) is 0 Å². The highest BCUT2D eigenvalue weighted by atomic mass is 16.5. The van der Waals surface area contributed by atoms with Gasteiger partial charge >= 0.3 is 0 Å². The van der Waals surface area contributed by atoms with Crippen molar-refractivity contribution in [1.82, 2.24) is 0 Å². The molecule has 14 heavy (non-hydrogen) atoms. The number of hydrogen-bond acceptors (Lipinski definition) is 2. The zero-order valence-electron chi connectivity index (χ0n) is 9.38. The largest absolute Gasteiger partial charge is 0.378 e. The van der Waals surface area contributed by atoms with Crippen LogP contribution in [-0.4, -0.2) is 12.7 Å². The molecule has 1 aliphatic rings. The van der Waals surface area contributed by atoms with Gasteiger partial charge in [-0.15, -0.1) is 0 Å². The lowest BCUT2D eigenvalue weighted by molar-refractivity contribution is 0.0529. The van der Waals surface area contributed by atoms with Gasteiger partial charge in [-0.25, -0.2) is 0 Å². The van der Waals surface area contributed by atoms with E-state index in [0.29, 0.717) is 6.10 Å². The number of nitriles is 1. The van der Waals surface area contributed by atoms with Crippen LogP contribution in [0.5, 0.6) is 0 Å². The Kier molecular flexibility index (Phi) is 4.41. The number of nitrogens with zero attached hydrogens (tertiary/aromatic N) is 1. The first kappa shape index (κ1) is 11.5. The van der Waals surface area contributed by atoms with E-state index in [-0.39, 0.29) is 5.41 Å². The Labute approximate surface area is 87.3 Å². The second-order valence-electron chi connectivity index (χ2n) is 4.88. The molecule has 0 aromatic rings. The highest BCUT2D eigenvalue weighted by molar-refractivity contribution is 4.91. The van der Waals surface area contributed by atoms with Crippen molar-refractivity contribution in [1.29, 1.82) is 5.26 Å². The standard InChI is InChI=1S/C12H21NO/c1-12(2,10-13)8-5-9-14-11-6-3-4-7-11/h11H,3-9H2,1-2H3. The van der Waals surface area contributed by atoms with Crippen molar-refractivity contribution in [3.8, 4) is 6.07 Å². The van der Waals surface area contributed by atoms with Gasteiger partial charge < -0.3 is 4.74 Å². The van der Waals surface area contributed by atoms with Gasteiger partial charge in [-0.1, -0.05) is 12.8 Å². The summed E-state index contributed by atoms with van der Waals surface area (Å²) in [7, 11) is 0. The van der Waals surface area contributed by atoms with Gasteiger partial charge in [0.1, 0.15) is 0 Å². The first-order valence-corrected chi connectivity index (χ1v) is 5.67. The Balaban J connectivity index is 2.02. The van der Waals surface area contributed by atoms with E-state index >= 15 is 0 Å². The zero-order chi connectivity index (χ0) is 10.4.